The van der Waals surface area contributed by atoms with Crippen molar-refractivity contribution in [3.8, 4) is 0 Å². The summed E-state index contributed by atoms with van der Waals surface area (Å²) in [5.74, 6) is 2.65. The zero-order valence-corrected chi connectivity index (χ0v) is 15.5. The monoisotopic (exact) mass is 367 g/mol. The van der Waals surface area contributed by atoms with Crippen LogP contribution in [0.5, 0.6) is 0 Å². The SMILES string of the molecule is Fc1ccc2nc([C@H]3CCCN3Cc3cnc(CC4CCCC4)[nH]3)[nH]c2c1. The number of likely N-dealkylation sites (tertiary alicyclic amines) is 1. The molecule has 1 saturated heterocycles. The fraction of sp³-hybridized carbons (Fsp3) is 0.524. The molecule has 1 saturated carbocycles. The molecule has 0 radical (unpaired) electrons. The smallest absolute Gasteiger partial charge is 0.125 e. The topological polar surface area (TPSA) is 60.6 Å². The molecule has 1 atom stereocenters. The van der Waals surface area contributed by atoms with Crippen LogP contribution < -0.4 is 0 Å². The molecule has 5 rings (SSSR count). The van der Waals surface area contributed by atoms with Gasteiger partial charge in [0.05, 0.1) is 17.1 Å². The fourth-order valence-corrected chi connectivity index (χ4v) is 4.78. The Morgan fingerprint density at radius 2 is 2.00 bits per heavy atom. The van der Waals surface area contributed by atoms with E-state index in [9.17, 15) is 4.39 Å². The number of aromatic nitrogens is 4. The van der Waals surface area contributed by atoms with Gasteiger partial charge in [-0.25, -0.2) is 14.4 Å². The first-order valence-electron chi connectivity index (χ1n) is 10.2. The summed E-state index contributed by atoms with van der Waals surface area (Å²) in [6.07, 6.45) is 10.7. The summed E-state index contributed by atoms with van der Waals surface area (Å²) in [4.78, 5) is 18.6. The van der Waals surface area contributed by atoms with Crippen molar-refractivity contribution >= 4 is 11.0 Å². The van der Waals surface area contributed by atoms with E-state index in [0.29, 0.717) is 0 Å². The van der Waals surface area contributed by atoms with Crippen molar-refractivity contribution in [2.75, 3.05) is 6.54 Å². The highest BCUT2D eigenvalue weighted by atomic mass is 19.1. The molecule has 1 aliphatic heterocycles. The van der Waals surface area contributed by atoms with Gasteiger partial charge in [-0.3, -0.25) is 4.90 Å². The molecule has 0 bridgehead atoms. The van der Waals surface area contributed by atoms with E-state index in [1.165, 1.54) is 43.5 Å². The van der Waals surface area contributed by atoms with Crippen molar-refractivity contribution in [1.82, 2.24) is 24.8 Å². The lowest BCUT2D eigenvalue weighted by molar-refractivity contribution is 0.238. The maximum Gasteiger partial charge on any atom is 0.125 e. The van der Waals surface area contributed by atoms with Gasteiger partial charge in [0.15, 0.2) is 0 Å². The van der Waals surface area contributed by atoms with E-state index in [-0.39, 0.29) is 11.9 Å². The Bertz CT molecular complexity index is 924. The Morgan fingerprint density at radius 1 is 1.11 bits per heavy atom. The molecule has 5 nitrogen and oxygen atoms in total. The number of halogens is 1. The van der Waals surface area contributed by atoms with Crippen LogP contribution in [0, 0.1) is 11.7 Å². The van der Waals surface area contributed by atoms with E-state index in [0.717, 1.165) is 61.0 Å². The van der Waals surface area contributed by atoms with Gasteiger partial charge in [0.2, 0.25) is 0 Å². The van der Waals surface area contributed by atoms with Crippen molar-refractivity contribution in [1.29, 1.82) is 0 Å². The van der Waals surface area contributed by atoms with Gasteiger partial charge in [-0.2, -0.15) is 0 Å². The Kier molecular flexibility index (Phi) is 4.44. The third-order valence-corrected chi connectivity index (χ3v) is 6.15. The van der Waals surface area contributed by atoms with Gasteiger partial charge < -0.3 is 9.97 Å². The first-order valence-corrected chi connectivity index (χ1v) is 10.2. The molecule has 0 amide bonds. The number of benzene rings is 1. The van der Waals surface area contributed by atoms with Gasteiger partial charge in [-0.1, -0.05) is 25.7 Å². The number of rotatable bonds is 5. The molecule has 2 fully saturated rings. The van der Waals surface area contributed by atoms with E-state index in [2.05, 4.69) is 19.9 Å². The second-order valence-corrected chi connectivity index (χ2v) is 8.12. The molecule has 0 unspecified atom stereocenters. The predicted octanol–water partition coefficient (Wildman–Crippen LogP) is 4.49. The summed E-state index contributed by atoms with van der Waals surface area (Å²) in [5, 5.41) is 0. The third kappa shape index (κ3) is 3.50. The second kappa shape index (κ2) is 7.08. The van der Waals surface area contributed by atoms with Crippen molar-refractivity contribution in [3.63, 3.8) is 0 Å². The van der Waals surface area contributed by atoms with E-state index in [1.54, 1.807) is 6.07 Å². The molecule has 1 aromatic carbocycles. The lowest BCUT2D eigenvalue weighted by atomic mass is 10.0. The minimum absolute atomic E-state index is 0.228. The van der Waals surface area contributed by atoms with Crippen LogP contribution >= 0.6 is 0 Å². The molecule has 2 aliphatic rings. The number of fused-ring (bicyclic) bond motifs is 1. The van der Waals surface area contributed by atoms with Crippen LogP contribution in [0.2, 0.25) is 0 Å². The first kappa shape index (κ1) is 16.9. The zero-order valence-electron chi connectivity index (χ0n) is 15.5. The molecule has 142 valence electrons. The molecule has 0 spiro atoms. The molecule has 27 heavy (non-hydrogen) atoms. The van der Waals surface area contributed by atoms with E-state index in [1.807, 2.05) is 6.20 Å². The van der Waals surface area contributed by atoms with Crippen LogP contribution in [0.1, 0.15) is 61.9 Å². The number of aromatic amines is 2. The molecule has 2 N–H and O–H groups in total. The van der Waals surface area contributed by atoms with Crippen LogP contribution in [0.3, 0.4) is 0 Å². The summed E-state index contributed by atoms with van der Waals surface area (Å²) < 4.78 is 13.5. The summed E-state index contributed by atoms with van der Waals surface area (Å²) in [6.45, 7) is 1.90. The van der Waals surface area contributed by atoms with Gasteiger partial charge >= 0.3 is 0 Å². The largest absolute Gasteiger partial charge is 0.345 e. The van der Waals surface area contributed by atoms with Crippen molar-refractivity contribution in [3.05, 3.63) is 47.6 Å². The van der Waals surface area contributed by atoms with Gasteiger partial charge in [0.25, 0.3) is 0 Å². The molecule has 6 heteroatoms. The Labute approximate surface area is 158 Å². The van der Waals surface area contributed by atoms with Gasteiger partial charge in [-0.05, 0) is 43.5 Å². The van der Waals surface area contributed by atoms with E-state index >= 15 is 0 Å². The quantitative estimate of drug-likeness (QED) is 0.698. The number of nitrogens with zero attached hydrogens (tertiary/aromatic N) is 3. The zero-order chi connectivity index (χ0) is 18.2. The van der Waals surface area contributed by atoms with Crippen molar-refractivity contribution in [2.45, 2.75) is 57.5 Å². The van der Waals surface area contributed by atoms with Crippen LogP contribution in [-0.4, -0.2) is 31.4 Å². The summed E-state index contributed by atoms with van der Waals surface area (Å²) >= 11 is 0. The normalized spacial score (nSPS) is 21.6. The highest BCUT2D eigenvalue weighted by molar-refractivity contribution is 5.75. The Hall–Kier alpha value is -2.21. The number of H-pyrrole nitrogens is 2. The molecular formula is C21H26FN5. The van der Waals surface area contributed by atoms with Gasteiger partial charge in [0.1, 0.15) is 17.5 Å². The molecule has 2 aromatic heterocycles. The highest BCUT2D eigenvalue weighted by Gasteiger charge is 2.29. The molecule has 3 heterocycles. The standard InChI is InChI=1S/C21H26FN5/c22-15-7-8-17-18(11-15)26-21(25-17)19-6-3-9-27(19)13-16-12-23-20(24-16)10-14-4-1-2-5-14/h7-8,11-12,14,19H,1-6,9-10,13H2,(H,23,24)(H,25,26)/t19-/m1/s1. The van der Waals surface area contributed by atoms with Crippen LogP contribution in [0.4, 0.5) is 4.39 Å². The molecule has 1 aliphatic carbocycles. The number of imidazole rings is 2. The van der Waals surface area contributed by atoms with Crippen LogP contribution in [0.15, 0.2) is 24.4 Å². The van der Waals surface area contributed by atoms with E-state index < -0.39 is 0 Å². The second-order valence-electron chi connectivity index (χ2n) is 8.12. The lowest BCUT2D eigenvalue weighted by Crippen LogP contribution is -2.23. The lowest BCUT2D eigenvalue weighted by Gasteiger charge is -2.21. The van der Waals surface area contributed by atoms with Crippen LogP contribution in [0.25, 0.3) is 11.0 Å². The first-order chi connectivity index (χ1) is 13.2. The third-order valence-electron chi connectivity index (χ3n) is 6.15. The molecular weight excluding hydrogens is 341 g/mol. The maximum absolute atomic E-state index is 13.5. The van der Waals surface area contributed by atoms with E-state index in [4.69, 9.17) is 4.98 Å². The average Bonchev–Trinajstić information content (AvgIpc) is 3.42. The predicted molar refractivity (Wildman–Crippen MR) is 103 cm³/mol. The Balaban J connectivity index is 1.30. The maximum atomic E-state index is 13.5. The number of hydrogen-bond donors (Lipinski definition) is 2. The van der Waals surface area contributed by atoms with Gasteiger partial charge in [0, 0.05) is 24.9 Å². The fourth-order valence-electron chi connectivity index (χ4n) is 4.78. The van der Waals surface area contributed by atoms with Crippen molar-refractivity contribution < 1.29 is 4.39 Å². The number of nitrogens with one attached hydrogen (secondary N) is 2. The summed E-state index contributed by atoms with van der Waals surface area (Å²) in [5.41, 5.74) is 2.79. The summed E-state index contributed by atoms with van der Waals surface area (Å²) in [6, 6.07) is 4.99. The average molecular weight is 367 g/mol. The number of hydrogen-bond acceptors (Lipinski definition) is 3. The summed E-state index contributed by atoms with van der Waals surface area (Å²) in [7, 11) is 0. The Morgan fingerprint density at radius 3 is 2.89 bits per heavy atom. The highest BCUT2D eigenvalue weighted by Crippen LogP contribution is 2.33. The molecule has 3 aromatic rings. The van der Waals surface area contributed by atoms with Gasteiger partial charge in [-0.15, -0.1) is 0 Å². The van der Waals surface area contributed by atoms with Crippen LogP contribution in [-0.2, 0) is 13.0 Å². The van der Waals surface area contributed by atoms with Crippen molar-refractivity contribution in [2.24, 2.45) is 5.92 Å². The minimum Gasteiger partial charge on any atom is -0.345 e. The minimum atomic E-state index is -0.228.